The Bertz CT molecular complexity index is 454. The van der Waals surface area contributed by atoms with Crippen LogP contribution in [0.1, 0.15) is 30.1 Å². The quantitative estimate of drug-likeness (QED) is 0.848. The normalized spacial score (nSPS) is 30.5. The molecule has 3 rings (SSSR count). The van der Waals surface area contributed by atoms with Gasteiger partial charge in [0.05, 0.1) is 6.54 Å². The molecule has 19 heavy (non-hydrogen) atoms. The zero-order valence-electron chi connectivity index (χ0n) is 11.4. The number of hydrogen-bond donors (Lipinski definition) is 1. The Kier molecular flexibility index (Phi) is 3.31. The highest BCUT2D eigenvalue weighted by Gasteiger charge is 2.39. The molecular weight excluding hydrogens is 238 g/mol. The van der Waals surface area contributed by atoms with Gasteiger partial charge in [-0.1, -0.05) is 6.92 Å². The van der Waals surface area contributed by atoms with Crippen molar-refractivity contribution in [1.29, 1.82) is 0 Å². The molecule has 1 heterocycles. The Hall–Kier alpha value is -1.35. The molecule has 1 aromatic carbocycles. The van der Waals surface area contributed by atoms with Gasteiger partial charge in [0.2, 0.25) is 0 Å². The predicted molar refractivity (Wildman–Crippen MR) is 74.3 cm³/mol. The Morgan fingerprint density at radius 2 is 1.79 bits per heavy atom. The number of phenolic OH excluding ortho intramolecular Hbond substituents is 1. The zero-order valence-corrected chi connectivity index (χ0v) is 11.4. The van der Waals surface area contributed by atoms with E-state index < -0.39 is 0 Å². The highest BCUT2D eigenvalue weighted by atomic mass is 16.3. The molecule has 0 bridgehead atoms. The molecule has 0 aromatic heterocycles. The number of rotatable bonds is 3. The van der Waals surface area contributed by atoms with Crippen molar-refractivity contribution >= 4 is 5.78 Å². The topological polar surface area (TPSA) is 40.5 Å². The van der Waals surface area contributed by atoms with Gasteiger partial charge >= 0.3 is 0 Å². The number of phenols is 1. The van der Waals surface area contributed by atoms with Crippen LogP contribution in [0.4, 0.5) is 0 Å². The first-order valence-corrected chi connectivity index (χ1v) is 7.16. The van der Waals surface area contributed by atoms with Gasteiger partial charge in [-0.25, -0.2) is 0 Å². The first-order valence-electron chi connectivity index (χ1n) is 7.16. The Labute approximate surface area is 114 Å². The molecule has 102 valence electrons. The summed E-state index contributed by atoms with van der Waals surface area (Å²) in [4.78, 5) is 14.5. The van der Waals surface area contributed by atoms with Crippen LogP contribution in [0.3, 0.4) is 0 Å². The molecule has 1 aliphatic heterocycles. The SMILES string of the molecule is CC1C[C@@H]2CN(CC(=O)c3ccc(O)cc3)C[C@@H]2C1. The van der Waals surface area contributed by atoms with Crippen molar-refractivity contribution in [3.8, 4) is 5.75 Å². The Balaban J connectivity index is 1.58. The number of carbonyl (C=O) groups is 1. The molecule has 1 saturated heterocycles. The number of fused-ring (bicyclic) bond motifs is 1. The van der Waals surface area contributed by atoms with Crippen molar-refractivity contribution in [2.75, 3.05) is 19.6 Å². The average molecular weight is 259 g/mol. The standard InChI is InChI=1S/C16H21NO2/c1-11-6-13-8-17(9-14(13)7-11)10-16(19)12-2-4-15(18)5-3-12/h2-5,11,13-14,18H,6-10H2,1H3/t11?,13-,14+. The van der Waals surface area contributed by atoms with Crippen LogP contribution < -0.4 is 0 Å². The summed E-state index contributed by atoms with van der Waals surface area (Å²) in [5.74, 6) is 2.85. The molecule has 1 aromatic rings. The summed E-state index contributed by atoms with van der Waals surface area (Å²) in [5.41, 5.74) is 0.697. The van der Waals surface area contributed by atoms with Gasteiger partial charge in [-0.2, -0.15) is 0 Å². The van der Waals surface area contributed by atoms with Gasteiger partial charge in [0.25, 0.3) is 0 Å². The van der Waals surface area contributed by atoms with Gasteiger partial charge < -0.3 is 5.11 Å². The fourth-order valence-corrected chi connectivity index (χ4v) is 3.77. The van der Waals surface area contributed by atoms with E-state index in [1.165, 1.54) is 12.8 Å². The molecule has 3 atom stereocenters. The van der Waals surface area contributed by atoms with Crippen LogP contribution in [-0.2, 0) is 0 Å². The number of likely N-dealkylation sites (tertiary alicyclic amines) is 1. The lowest BCUT2D eigenvalue weighted by atomic mass is 10.0. The van der Waals surface area contributed by atoms with Crippen LogP contribution in [0.2, 0.25) is 0 Å². The number of aromatic hydroxyl groups is 1. The van der Waals surface area contributed by atoms with Gasteiger partial charge in [0, 0.05) is 18.7 Å². The summed E-state index contributed by atoms with van der Waals surface area (Å²) < 4.78 is 0. The van der Waals surface area contributed by atoms with E-state index in [0.29, 0.717) is 12.1 Å². The van der Waals surface area contributed by atoms with E-state index >= 15 is 0 Å². The van der Waals surface area contributed by atoms with E-state index in [9.17, 15) is 9.90 Å². The van der Waals surface area contributed by atoms with Crippen LogP contribution in [0.25, 0.3) is 0 Å². The lowest BCUT2D eigenvalue weighted by Gasteiger charge is -2.16. The molecule has 0 spiro atoms. The second-order valence-corrected chi connectivity index (χ2v) is 6.26. The van der Waals surface area contributed by atoms with E-state index in [1.807, 2.05) is 0 Å². The summed E-state index contributed by atoms with van der Waals surface area (Å²) >= 11 is 0. The molecule has 1 aliphatic carbocycles. The number of ketones is 1. The van der Waals surface area contributed by atoms with E-state index in [1.54, 1.807) is 24.3 Å². The minimum Gasteiger partial charge on any atom is -0.508 e. The van der Waals surface area contributed by atoms with Gasteiger partial charge in [0.15, 0.2) is 5.78 Å². The number of Topliss-reactive ketones (excluding diaryl/α,β-unsaturated/α-hetero) is 1. The maximum absolute atomic E-state index is 12.2. The summed E-state index contributed by atoms with van der Waals surface area (Å²) in [6.45, 7) is 5.02. The Morgan fingerprint density at radius 3 is 2.37 bits per heavy atom. The van der Waals surface area contributed by atoms with Crippen molar-refractivity contribution in [1.82, 2.24) is 4.90 Å². The lowest BCUT2D eigenvalue weighted by Crippen LogP contribution is -2.28. The summed E-state index contributed by atoms with van der Waals surface area (Å²) in [7, 11) is 0. The molecule has 0 amide bonds. The largest absolute Gasteiger partial charge is 0.508 e. The van der Waals surface area contributed by atoms with Crippen molar-refractivity contribution < 1.29 is 9.90 Å². The fraction of sp³-hybridized carbons (Fsp3) is 0.562. The molecule has 0 radical (unpaired) electrons. The van der Waals surface area contributed by atoms with Crippen molar-refractivity contribution in [2.45, 2.75) is 19.8 Å². The number of benzene rings is 1. The van der Waals surface area contributed by atoms with Crippen LogP contribution in [0, 0.1) is 17.8 Å². The van der Waals surface area contributed by atoms with Crippen molar-refractivity contribution in [2.24, 2.45) is 17.8 Å². The summed E-state index contributed by atoms with van der Waals surface area (Å²) in [6, 6.07) is 6.56. The molecule has 3 nitrogen and oxygen atoms in total. The van der Waals surface area contributed by atoms with Gasteiger partial charge in [-0.05, 0) is 54.9 Å². The van der Waals surface area contributed by atoms with Crippen LogP contribution in [0.5, 0.6) is 5.75 Å². The second-order valence-electron chi connectivity index (χ2n) is 6.26. The first kappa shape index (κ1) is 12.7. The number of hydrogen-bond acceptors (Lipinski definition) is 3. The van der Waals surface area contributed by atoms with E-state index in [4.69, 9.17) is 0 Å². The third kappa shape index (κ3) is 2.66. The van der Waals surface area contributed by atoms with Gasteiger partial charge in [-0.3, -0.25) is 9.69 Å². The second kappa shape index (κ2) is 4.97. The molecule has 1 unspecified atom stereocenters. The summed E-state index contributed by atoms with van der Waals surface area (Å²) in [6.07, 6.45) is 2.66. The monoisotopic (exact) mass is 259 g/mol. The molecular formula is C16H21NO2. The van der Waals surface area contributed by atoms with Crippen LogP contribution >= 0.6 is 0 Å². The van der Waals surface area contributed by atoms with Crippen LogP contribution in [0.15, 0.2) is 24.3 Å². The molecule has 1 N–H and O–H groups in total. The summed E-state index contributed by atoms with van der Waals surface area (Å²) in [5, 5.41) is 9.23. The van der Waals surface area contributed by atoms with Crippen molar-refractivity contribution in [3.63, 3.8) is 0 Å². The highest BCUT2D eigenvalue weighted by Crippen LogP contribution is 2.41. The van der Waals surface area contributed by atoms with Gasteiger partial charge in [-0.15, -0.1) is 0 Å². The van der Waals surface area contributed by atoms with E-state index in [2.05, 4.69) is 11.8 Å². The minimum atomic E-state index is 0.160. The lowest BCUT2D eigenvalue weighted by molar-refractivity contribution is 0.0940. The zero-order chi connectivity index (χ0) is 13.4. The number of carbonyl (C=O) groups excluding carboxylic acids is 1. The molecule has 2 fully saturated rings. The smallest absolute Gasteiger partial charge is 0.176 e. The average Bonchev–Trinajstić information content (AvgIpc) is 2.86. The van der Waals surface area contributed by atoms with Crippen LogP contribution in [-0.4, -0.2) is 35.4 Å². The molecule has 1 saturated carbocycles. The molecule has 3 heteroatoms. The highest BCUT2D eigenvalue weighted by molar-refractivity contribution is 5.97. The minimum absolute atomic E-state index is 0.160. The Morgan fingerprint density at radius 1 is 1.21 bits per heavy atom. The first-order chi connectivity index (χ1) is 9.11. The third-order valence-electron chi connectivity index (χ3n) is 4.62. The van der Waals surface area contributed by atoms with E-state index in [-0.39, 0.29) is 11.5 Å². The number of nitrogens with zero attached hydrogens (tertiary/aromatic N) is 1. The van der Waals surface area contributed by atoms with Gasteiger partial charge in [0.1, 0.15) is 5.75 Å². The predicted octanol–water partition coefficient (Wildman–Crippen LogP) is 2.55. The van der Waals surface area contributed by atoms with Crippen molar-refractivity contribution in [3.05, 3.63) is 29.8 Å². The fourth-order valence-electron chi connectivity index (χ4n) is 3.77. The third-order valence-corrected chi connectivity index (χ3v) is 4.62. The maximum Gasteiger partial charge on any atom is 0.176 e. The molecule has 2 aliphatic rings. The van der Waals surface area contributed by atoms with E-state index in [0.717, 1.165) is 30.8 Å². The maximum atomic E-state index is 12.2.